The molecule has 10 heavy (non-hydrogen) atoms. The van der Waals surface area contributed by atoms with Crippen LogP contribution in [0.2, 0.25) is 0 Å². The molecule has 1 aliphatic carbocycles. The number of nitrogens with one attached hydrogen (secondary N) is 1. The molecule has 1 fully saturated rings. The van der Waals surface area contributed by atoms with Crippen molar-refractivity contribution < 1.29 is 5.11 Å². The van der Waals surface area contributed by atoms with Gasteiger partial charge in [-0.2, -0.15) is 0 Å². The first-order chi connectivity index (χ1) is 4.86. The molecule has 2 heteroatoms. The zero-order valence-electron chi connectivity index (χ0n) is 6.21. The second-order valence-corrected chi connectivity index (χ2v) is 2.82. The number of hydrogen-bond donors (Lipinski definition) is 2. The second kappa shape index (κ2) is 3.74. The van der Waals surface area contributed by atoms with Gasteiger partial charge in [0.2, 0.25) is 0 Å². The number of hydrogen-bond acceptors (Lipinski definition) is 2. The highest BCUT2D eigenvalue weighted by Gasteiger charge is 2.18. The van der Waals surface area contributed by atoms with Gasteiger partial charge in [-0.15, -0.1) is 6.58 Å². The molecule has 0 spiro atoms. The summed E-state index contributed by atoms with van der Waals surface area (Å²) >= 11 is 0. The van der Waals surface area contributed by atoms with Crippen LogP contribution in [0.25, 0.3) is 0 Å². The van der Waals surface area contributed by atoms with Crippen molar-refractivity contribution in [3.05, 3.63) is 12.7 Å². The quantitative estimate of drug-likeness (QED) is 0.564. The van der Waals surface area contributed by atoms with Crippen LogP contribution in [0.3, 0.4) is 0 Å². The predicted molar refractivity (Wildman–Crippen MR) is 41.8 cm³/mol. The Morgan fingerprint density at radius 1 is 1.70 bits per heavy atom. The zero-order chi connectivity index (χ0) is 7.40. The van der Waals surface area contributed by atoms with Crippen LogP contribution >= 0.6 is 0 Å². The molecule has 0 saturated heterocycles. The first-order valence-corrected chi connectivity index (χ1v) is 3.86. The summed E-state index contributed by atoms with van der Waals surface area (Å²) in [7, 11) is 0. The highest BCUT2D eigenvalue weighted by atomic mass is 16.3. The third-order valence-corrected chi connectivity index (χ3v) is 2.04. The molecular weight excluding hydrogens is 126 g/mol. The van der Waals surface area contributed by atoms with Crippen molar-refractivity contribution >= 4 is 0 Å². The largest absolute Gasteiger partial charge is 0.394 e. The van der Waals surface area contributed by atoms with Gasteiger partial charge in [0.25, 0.3) is 0 Å². The molecule has 0 aromatic heterocycles. The van der Waals surface area contributed by atoms with Crippen LogP contribution in [0.5, 0.6) is 0 Å². The molecule has 2 nitrogen and oxygen atoms in total. The SMILES string of the molecule is C=CC(CO)NC1CCC1. The van der Waals surface area contributed by atoms with E-state index in [0.29, 0.717) is 6.04 Å². The fraction of sp³-hybridized carbons (Fsp3) is 0.750. The van der Waals surface area contributed by atoms with Crippen molar-refractivity contribution in [1.29, 1.82) is 0 Å². The Hall–Kier alpha value is -0.340. The van der Waals surface area contributed by atoms with Crippen LogP contribution in [-0.2, 0) is 0 Å². The van der Waals surface area contributed by atoms with E-state index in [1.54, 1.807) is 6.08 Å². The van der Waals surface area contributed by atoms with E-state index in [-0.39, 0.29) is 12.6 Å². The fourth-order valence-corrected chi connectivity index (χ4v) is 1.07. The highest BCUT2D eigenvalue weighted by Crippen LogP contribution is 2.18. The Morgan fingerprint density at radius 3 is 2.70 bits per heavy atom. The molecular formula is C8H15NO. The molecule has 1 saturated carbocycles. The third kappa shape index (κ3) is 1.82. The van der Waals surface area contributed by atoms with E-state index in [1.807, 2.05) is 0 Å². The van der Waals surface area contributed by atoms with Crippen molar-refractivity contribution in [3.63, 3.8) is 0 Å². The fourth-order valence-electron chi connectivity index (χ4n) is 1.07. The molecule has 0 aromatic carbocycles. The molecule has 2 N–H and O–H groups in total. The van der Waals surface area contributed by atoms with Crippen molar-refractivity contribution in [1.82, 2.24) is 5.32 Å². The smallest absolute Gasteiger partial charge is 0.0620 e. The van der Waals surface area contributed by atoms with Crippen molar-refractivity contribution in [3.8, 4) is 0 Å². The second-order valence-electron chi connectivity index (χ2n) is 2.82. The monoisotopic (exact) mass is 141 g/mol. The van der Waals surface area contributed by atoms with E-state index in [1.165, 1.54) is 19.3 Å². The van der Waals surface area contributed by atoms with Gasteiger partial charge in [0, 0.05) is 12.1 Å². The van der Waals surface area contributed by atoms with Gasteiger partial charge >= 0.3 is 0 Å². The van der Waals surface area contributed by atoms with Gasteiger partial charge in [0.15, 0.2) is 0 Å². The van der Waals surface area contributed by atoms with E-state index < -0.39 is 0 Å². The van der Waals surface area contributed by atoms with E-state index in [9.17, 15) is 0 Å². The summed E-state index contributed by atoms with van der Waals surface area (Å²) in [6, 6.07) is 0.737. The van der Waals surface area contributed by atoms with Gasteiger partial charge < -0.3 is 10.4 Å². The number of aliphatic hydroxyl groups excluding tert-OH is 1. The molecule has 58 valence electrons. The maximum absolute atomic E-state index is 8.76. The maximum atomic E-state index is 8.76. The summed E-state index contributed by atoms with van der Waals surface area (Å²) in [5, 5.41) is 12.0. The lowest BCUT2D eigenvalue weighted by atomic mass is 9.92. The number of rotatable bonds is 4. The summed E-state index contributed by atoms with van der Waals surface area (Å²) in [4.78, 5) is 0. The standard InChI is InChI=1S/C8H15NO/c1-2-7(6-10)9-8-4-3-5-8/h2,7-10H,1,3-6H2. The van der Waals surface area contributed by atoms with Crippen molar-refractivity contribution in [2.45, 2.75) is 31.3 Å². The first-order valence-electron chi connectivity index (χ1n) is 3.86. The molecule has 0 heterocycles. The Labute approximate surface area is 61.9 Å². The molecule has 0 aliphatic heterocycles. The Balaban J connectivity index is 2.13. The average molecular weight is 141 g/mol. The van der Waals surface area contributed by atoms with Gasteiger partial charge in [0.1, 0.15) is 0 Å². The minimum atomic E-state index is 0.102. The van der Waals surface area contributed by atoms with E-state index in [2.05, 4.69) is 11.9 Å². The summed E-state index contributed by atoms with van der Waals surface area (Å²) in [5.41, 5.74) is 0. The Kier molecular flexibility index (Phi) is 2.90. The van der Waals surface area contributed by atoms with Crippen LogP contribution in [0.1, 0.15) is 19.3 Å². The summed E-state index contributed by atoms with van der Waals surface area (Å²) in [5.74, 6) is 0. The lowest BCUT2D eigenvalue weighted by Gasteiger charge is -2.29. The van der Waals surface area contributed by atoms with Crippen LogP contribution in [0.4, 0.5) is 0 Å². The van der Waals surface area contributed by atoms with Crippen LogP contribution in [0, 0.1) is 0 Å². The van der Waals surface area contributed by atoms with E-state index in [4.69, 9.17) is 5.11 Å². The summed E-state index contributed by atoms with van der Waals surface area (Å²) in [6.07, 6.45) is 5.60. The first kappa shape index (κ1) is 7.76. The summed E-state index contributed by atoms with van der Waals surface area (Å²) in [6.45, 7) is 3.79. The predicted octanol–water partition coefficient (Wildman–Crippen LogP) is 0.675. The van der Waals surface area contributed by atoms with Crippen LogP contribution in [0.15, 0.2) is 12.7 Å². The minimum Gasteiger partial charge on any atom is -0.394 e. The molecule has 0 aromatic rings. The Bertz CT molecular complexity index is 110. The van der Waals surface area contributed by atoms with E-state index >= 15 is 0 Å². The van der Waals surface area contributed by atoms with Crippen LogP contribution in [-0.4, -0.2) is 23.8 Å². The number of aliphatic hydroxyl groups is 1. The molecule has 1 rings (SSSR count). The molecule has 0 radical (unpaired) electrons. The van der Waals surface area contributed by atoms with Crippen molar-refractivity contribution in [2.24, 2.45) is 0 Å². The minimum absolute atomic E-state index is 0.102. The van der Waals surface area contributed by atoms with Crippen molar-refractivity contribution in [2.75, 3.05) is 6.61 Å². The molecule has 0 amide bonds. The van der Waals surface area contributed by atoms with Gasteiger partial charge in [0.05, 0.1) is 6.61 Å². The lowest BCUT2D eigenvalue weighted by molar-refractivity contribution is 0.230. The molecule has 1 atom stereocenters. The molecule has 0 bridgehead atoms. The van der Waals surface area contributed by atoms with Gasteiger partial charge in [-0.25, -0.2) is 0 Å². The highest BCUT2D eigenvalue weighted by molar-refractivity contribution is 4.89. The molecule has 1 unspecified atom stereocenters. The average Bonchev–Trinajstić information content (AvgIpc) is 1.87. The van der Waals surface area contributed by atoms with Crippen LogP contribution < -0.4 is 5.32 Å². The normalized spacial score (nSPS) is 21.7. The van der Waals surface area contributed by atoms with Gasteiger partial charge in [-0.05, 0) is 12.8 Å². The maximum Gasteiger partial charge on any atom is 0.0620 e. The van der Waals surface area contributed by atoms with E-state index in [0.717, 1.165) is 0 Å². The van der Waals surface area contributed by atoms with Gasteiger partial charge in [-0.1, -0.05) is 12.5 Å². The molecule has 1 aliphatic rings. The Morgan fingerprint density at radius 2 is 2.40 bits per heavy atom. The van der Waals surface area contributed by atoms with Gasteiger partial charge in [-0.3, -0.25) is 0 Å². The summed E-state index contributed by atoms with van der Waals surface area (Å²) < 4.78 is 0. The lowest BCUT2D eigenvalue weighted by Crippen LogP contribution is -2.42. The zero-order valence-corrected chi connectivity index (χ0v) is 6.21. The topological polar surface area (TPSA) is 32.3 Å². The third-order valence-electron chi connectivity index (χ3n) is 2.04.